The predicted molar refractivity (Wildman–Crippen MR) is 77.8 cm³/mol. The van der Waals surface area contributed by atoms with Gasteiger partial charge < -0.3 is 10.3 Å². The van der Waals surface area contributed by atoms with Gasteiger partial charge in [0.15, 0.2) is 0 Å². The molecule has 0 saturated carbocycles. The summed E-state index contributed by atoms with van der Waals surface area (Å²) in [6.45, 7) is 3.70. The highest BCUT2D eigenvalue weighted by molar-refractivity contribution is 5.75. The Morgan fingerprint density at radius 2 is 1.89 bits per heavy atom. The Morgan fingerprint density at radius 3 is 2.74 bits per heavy atom. The van der Waals surface area contributed by atoms with E-state index in [0.717, 1.165) is 29.9 Å². The molecule has 0 saturated heterocycles. The van der Waals surface area contributed by atoms with E-state index in [1.54, 1.807) is 0 Å². The number of aryl methyl sites for hydroxylation is 1. The minimum Gasteiger partial charge on any atom is -0.341 e. The van der Waals surface area contributed by atoms with Crippen molar-refractivity contribution in [2.45, 2.75) is 20.0 Å². The maximum absolute atomic E-state index is 4.57. The number of rotatable bonds is 4. The van der Waals surface area contributed by atoms with Crippen LogP contribution in [0.25, 0.3) is 11.0 Å². The average Bonchev–Trinajstić information content (AvgIpc) is 2.82. The standard InChI is InChI=1S/C16H17N3/c1-12-7-8-14-15(9-12)19-16(18-14)11-17-10-13-5-3-2-4-6-13/h2-9,17H,10-11H2,1H3,(H,18,19). The van der Waals surface area contributed by atoms with Crippen molar-refractivity contribution in [2.75, 3.05) is 0 Å². The number of benzene rings is 2. The van der Waals surface area contributed by atoms with Gasteiger partial charge in [-0.3, -0.25) is 0 Å². The highest BCUT2D eigenvalue weighted by atomic mass is 15.0. The molecule has 0 aliphatic heterocycles. The number of aromatic amines is 1. The first-order valence-corrected chi connectivity index (χ1v) is 6.51. The molecule has 96 valence electrons. The SMILES string of the molecule is Cc1ccc2nc(CNCc3ccccc3)[nH]c2c1. The molecule has 0 spiro atoms. The molecule has 0 bridgehead atoms. The summed E-state index contributed by atoms with van der Waals surface area (Å²) in [4.78, 5) is 7.92. The minimum absolute atomic E-state index is 0.753. The van der Waals surface area contributed by atoms with Gasteiger partial charge in [0.1, 0.15) is 5.82 Å². The molecule has 3 heteroatoms. The first kappa shape index (κ1) is 11.9. The van der Waals surface area contributed by atoms with Gasteiger partial charge in [0, 0.05) is 6.54 Å². The molecular formula is C16H17N3. The van der Waals surface area contributed by atoms with Crippen molar-refractivity contribution >= 4 is 11.0 Å². The van der Waals surface area contributed by atoms with Gasteiger partial charge in [0.2, 0.25) is 0 Å². The van der Waals surface area contributed by atoms with Crippen LogP contribution >= 0.6 is 0 Å². The molecule has 0 radical (unpaired) electrons. The first-order valence-electron chi connectivity index (χ1n) is 6.51. The topological polar surface area (TPSA) is 40.7 Å². The summed E-state index contributed by atoms with van der Waals surface area (Å²) in [5, 5.41) is 3.40. The van der Waals surface area contributed by atoms with Gasteiger partial charge in [-0.05, 0) is 30.2 Å². The van der Waals surface area contributed by atoms with Crippen molar-refractivity contribution < 1.29 is 0 Å². The lowest BCUT2D eigenvalue weighted by Crippen LogP contribution is -2.13. The molecule has 2 N–H and O–H groups in total. The van der Waals surface area contributed by atoms with Crippen molar-refractivity contribution in [1.29, 1.82) is 0 Å². The predicted octanol–water partition coefficient (Wildman–Crippen LogP) is 3.16. The summed E-state index contributed by atoms with van der Waals surface area (Å²) in [5.74, 6) is 0.983. The maximum Gasteiger partial charge on any atom is 0.121 e. The molecule has 0 aliphatic rings. The zero-order valence-corrected chi connectivity index (χ0v) is 11.0. The van der Waals surface area contributed by atoms with Crippen molar-refractivity contribution in [3.63, 3.8) is 0 Å². The number of aromatic nitrogens is 2. The number of hydrogen-bond donors (Lipinski definition) is 2. The summed E-state index contributed by atoms with van der Waals surface area (Å²) in [7, 11) is 0. The Balaban J connectivity index is 1.65. The Hall–Kier alpha value is -2.13. The van der Waals surface area contributed by atoms with Gasteiger partial charge in [0.05, 0.1) is 17.6 Å². The highest BCUT2D eigenvalue weighted by Gasteiger charge is 2.02. The van der Waals surface area contributed by atoms with E-state index in [9.17, 15) is 0 Å². The molecule has 0 atom stereocenters. The van der Waals surface area contributed by atoms with E-state index in [-0.39, 0.29) is 0 Å². The van der Waals surface area contributed by atoms with Gasteiger partial charge >= 0.3 is 0 Å². The van der Waals surface area contributed by atoms with Crippen molar-refractivity contribution in [3.8, 4) is 0 Å². The van der Waals surface area contributed by atoms with Crippen LogP contribution in [0.3, 0.4) is 0 Å². The monoisotopic (exact) mass is 251 g/mol. The summed E-state index contributed by atoms with van der Waals surface area (Å²) < 4.78 is 0. The van der Waals surface area contributed by atoms with Gasteiger partial charge in [-0.25, -0.2) is 4.98 Å². The highest BCUT2D eigenvalue weighted by Crippen LogP contribution is 2.13. The Kier molecular flexibility index (Phi) is 3.29. The quantitative estimate of drug-likeness (QED) is 0.747. The van der Waals surface area contributed by atoms with Crippen LogP contribution in [-0.2, 0) is 13.1 Å². The smallest absolute Gasteiger partial charge is 0.121 e. The lowest BCUT2D eigenvalue weighted by atomic mass is 10.2. The van der Waals surface area contributed by atoms with E-state index in [1.165, 1.54) is 11.1 Å². The Bertz CT molecular complexity index is 671. The fourth-order valence-corrected chi connectivity index (χ4v) is 2.18. The molecule has 0 unspecified atom stereocenters. The van der Waals surface area contributed by atoms with Crippen molar-refractivity contribution in [3.05, 3.63) is 65.5 Å². The maximum atomic E-state index is 4.57. The number of imidazole rings is 1. The molecule has 1 aromatic heterocycles. The Labute approximate surface area is 112 Å². The molecule has 0 amide bonds. The molecule has 2 aromatic carbocycles. The van der Waals surface area contributed by atoms with Crippen LogP contribution in [-0.4, -0.2) is 9.97 Å². The van der Waals surface area contributed by atoms with Crippen LogP contribution in [0.1, 0.15) is 17.0 Å². The fraction of sp³-hybridized carbons (Fsp3) is 0.188. The van der Waals surface area contributed by atoms with E-state index in [1.807, 2.05) is 6.07 Å². The summed E-state index contributed by atoms with van der Waals surface area (Å²) >= 11 is 0. The van der Waals surface area contributed by atoms with Gasteiger partial charge in [-0.15, -0.1) is 0 Å². The van der Waals surface area contributed by atoms with E-state index in [2.05, 4.69) is 64.7 Å². The molecule has 0 aliphatic carbocycles. The van der Waals surface area contributed by atoms with Crippen LogP contribution in [0, 0.1) is 6.92 Å². The largest absolute Gasteiger partial charge is 0.341 e. The summed E-state index contributed by atoms with van der Waals surface area (Å²) in [6.07, 6.45) is 0. The van der Waals surface area contributed by atoms with Crippen LogP contribution < -0.4 is 5.32 Å². The number of nitrogens with zero attached hydrogens (tertiary/aromatic N) is 1. The molecule has 3 rings (SSSR count). The second kappa shape index (κ2) is 5.24. The first-order chi connectivity index (χ1) is 9.31. The fourth-order valence-electron chi connectivity index (χ4n) is 2.18. The van der Waals surface area contributed by atoms with Crippen LogP contribution in [0.5, 0.6) is 0 Å². The van der Waals surface area contributed by atoms with Crippen molar-refractivity contribution in [1.82, 2.24) is 15.3 Å². The Morgan fingerprint density at radius 1 is 1.05 bits per heavy atom. The number of nitrogens with one attached hydrogen (secondary N) is 2. The lowest BCUT2D eigenvalue weighted by molar-refractivity contribution is 0.670. The molecule has 3 aromatic rings. The zero-order valence-electron chi connectivity index (χ0n) is 11.0. The van der Waals surface area contributed by atoms with E-state index >= 15 is 0 Å². The minimum atomic E-state index is 0.753. The molecule has 1 heterocycles. The second-order valence-electron chi connectivity index (χ2n) is 4.79. The van der Waals surface area contributed by atoms with Crippen LogP contribution in [0.4, 0.5) is 0 Å². The third-order valence-electron chi connectivity index (χ3n) is 3.15. The van der Waals surface area contributed by atoms with Crippen LogP contribution in [0.15, 0.2) is 48.5 Å². The molecule has 3 nitrogen and oxygen atoms in total. The average molecular weight is 251 g/mol. The van der Waals surface area contributed by atoms with E-state index < -0.39 is 0 Å². The van der Waals surface area contributed by atoms with Gasteiger partial charge in [0.25, 0.3) is 0 Å². The van der Waals surface area contributed by atoms with E-state index in [0.29, 0.717) is 0 Å². The van der Waals surface area contributed by atoms with Crippen molar-refractivity contribution in [2.24, 2.45) is 0 Å². The number of fused-ring (bicyclic) bond motifs is 1. The molecular weight excluding hydrogens is 234 g/mol. The zero-order chi connectivity index (χ0) is 13.1. The summed E-state index contributed by atoms with van der Waals surface area (Å²) in [6, 6.07) is 16.7. The van der Waals surface area contributed by atoms with Gasteiger partial charge in [-0.1, -0.05) is 36.4 Å². The summed E-state index contributed by atoms with van der Waals surface area (Å²) in [5.41, 5.74) is 4.67. The number of H-pyrrole nitrogens is 1. The third kappa shape index (κ3) is 2.83. The second-order valence-corrected chi connectivity index (χ2v) is 4.79. The third-order valence-corrected chi connectivity index (χ3v) is 3.15. The number of hydrogen-bond acceptors (Lipinski definition) is 2. The normalized spacial score (nSPS) is 11.0. The lowest BCUT2D eigenvalue weighted by Gasteiger charge is -2.02. The molecule has 19 heavy (non-hydrogen) atoms. The van der Waals surface area contributed by atoms with Gasteiger partial charge in [-0.2, -0.15) is 0 Å². The molecule has 0 fully saturated rings. The van der Waals surface area contributed by atoms with E-state index in [4.69, 9.17) is 0 Å². The van der Waals surface area contributed by atoms with Crippen LogP contribution in [0.2, 0.25) is 0 Å².